The SMILES string of the molecule is CB(O)N1CCCC(CC(=O)Nc2ccccc2)C1.CB(O)N1CCCC(CC(=O)O)C1. The second-order valence-corrected chi connectivity index (χ2v) is 8.99. The van der Waals surface area contributed by atoms with Crippen molar-refractivity contribution in [2.45, 2.75) is 52.2 Å². The van der Waals surface area contributed by atoms with Gasteiger partial charge in [0.15, 0.2) is 0 Å². The zero-order chi connectivity index (χ0) is 23.5. The van der Waals surface area contributed by atoms with Crippen LogP contribution in [0.1, 0.15) is 38.5 Å². The van der Waals surface area contributed by atoms with Gasteiger partial charge in [-0.05, 0) is 89.5 Å². The summed E-state index contributed by atoms with van der Waals surface area (Å²) in [6.45, 7) is 6.83. The molecule has 0 bridgehead atoms. The van der Waals surface area contributed by atoms with Gasteiger partial charge in [-0.3, -0.25) is 9.59 Å². The van der Waals surface area contributed by atoms with Crippen molar-refractivity contribution in [2.75, 3.05) is 31.5 Å². The Bertz CT molecular complexity index is 708. The number of carboxylic acid groups (broad SMARTS) is 1. The van der Waals surface area contributed by atoms with Crippen molar-refractivity contribution >= 4 is 31.7 Å². The molecular weight excluding hydrogens is 408 g/mol. The predicted octanol–water partition coefficient (Wildman–Crippen LogP) is 2.12. The van der Waals surface area contributed by atoms with Crippen molar-refractivity contribution in [1.82, 2.24) is 9.62 Å². The van der Waals surface area contributed by atoms with Gasteiger partial charge >= 0.3 is 20.1 Å². The summed E-state index contributed by atoms with van der Waals surface area (Å²) in [5.74, 6) is -0.131. The zero-order valence-corrected chi connectivity index (χ0v) is 19.3. The van der Waals surface area contributed by atoms with Crippen LogP contribution >= 0.6 is 0 Å². The van der Waals surface area contributed by atoms with Crippen molar-refractivity contribution in [1.29, 1.82) is 0 Å². The molecule has 1 aromatic rings. The first-order chi connectivity index (χ1) is 15.2. The lowest BCUT2D eigenvalue weighted by atomic mass is 9.80. The largest absolute Gasteiger partial charge is 0.481 e. The zero-order valence-electron chi connectivity index (χ0n) is 19.3. The maximum absolute atomic E-state index is 12.0. The van der Waals surface area contributed by atoms with E-state index in [-0.39, 0.29) is 18.2 Å². The molecule has 1 aromatic carbocycles. The second kappa shape index (κ2) is 13.6. The highest BCUT2D eigenvalue weighted by atomic mass is 16.4. The van der Waals surface area contributed by atoms with E-state index in [0.29, 0.717) is 18.9 Å². The van der Waals surface area contributed by atoms with E-state index >= 15 is 0 Å². The Labute approximate surface area is 192 Å². The summed E-state index contributed by atoms with van der Waals surface area (Å²) in [6, 6.07) is 9.52. The highest BCUT2D eigenvalue weighted by Crippen LogP contribution is 2.21. The molecule has 2 aliphatic heterocycles. The van der Waals surface area contributed by atoms with Crippen LogP contribution in [-0.4, -0.2) is 76.9 Å². The number of nitrogens with zero attached hydrogens (tertiary/aromatic N) is 2. The highest BCUT2D eigenvalue weighted by Gasteiger charge is 2.27. The lowest BCUT2D eigenvalue weighted by molar-refractivity contribution is -0.138. The van der Waals surface area contributed by atoms with Gasteiger partial charge in [0, 0.05) is 18.5 Å². The molecule has 2 aliphatic rings. The van der Waals surface area contributed by atoms with E-state index in [9.17, 15) is 19.6 Å². The van der Waals surface area contributed by atoms with Gasteiger partial charge in [-0.1, -0.05) is 18.2 Å². The van der Waals surface area contributed by atoms with Crippen LogP contribution in [0.15, 0.2) is 30.3 Å². The third-order valence-electron chi connectivity index (χ3n) is 6.15. The first-order valence-electron chi connectivity index (χ1n) is 11.7. The van der Waals surface area contributed by atoms with Crippen LogP contribution < -0.4 is 5.32 Å². The predicted molar refractivity (Wildman–Crippen MR) is 128 cm³/mol. The minimum atomic E-state index is -0.738. The van der Waals surface area contributed by atoms with Crippen LogP contribution in [0.25, 0.3) is 0 Å². The Morgan fingerprint density at radius 1 is 0.938 bits per heavy atom. The summed E-state index contributed by atoms with van der Waals surface area (Å²) in [7, 11) is -0.864. The van der Waals surface area contributed by atoms with Gasteiger partial charge in [0.1, 0.15) is 0 Å². The first-order valence-corrected chi connectivity index (χ1v) is 11.7. The average Bonchev–Trinajstić information content (AvgIpc) is 2.74. The lowest BCUT2D eigenvalue weighted by Crippen LogP contribution is -2.44. The maximum Gasteiger partial charge on any atom is 0.376 e. The van der Waals surface area contributed by atoms with Gasteiger partial charge < -0.3 is 30.1 Å². The van der Waals surface area contributed by atoms with Crippen LogP contribution in [0.4, 0.5) is 5.69 Å². The third kappa shape index (κ3) is 9.73. The number of nitrogens with one attached hydrogen (secondary N) is 1. The van der Waals surface area contributed by atoms with Crippen LogP contribution in [0.3, 0.4) is 0 Å². The number of carbonyl (C=O) groups is 2. The van der Waals surface area contributed by atoms with E-state index in [1.807, 2.05) is 40.0 Å². The fourth-order valence-electron chi connectivity index (χ4n) is 4.45. The molecule has 2 unspecified atom stereocenters. The number of hydrogen-bond donors (Lipinski definition) is 4. The smallest absolute Gasteiger partial charge is 0.376 e. The van der Waals surface area contributed by atoms with E-state index in [0.717, 1.165) is 51.0 Å². The maximum atomic E-state index is 12.0. The topological polar surface area (TPSA) is 113 Å². The van der Waals surface area contributed by atoms with Crippen molar-refractivity contribution in [2.24, 2.45) is 11.8 Å². The number of aliphatic carboxylic acids is 1. The molecule has 8 nitrogen and oxygen atoms in total. The van der Waals surface area contributed by atoms with Crippen LogP contribution in [0.2, 0.25) is 13.6 Å². The van der Waals surface area contributed by atoms with Crippen LogP contribution in [0.5, 0.6) is 0 Å². The molecule has 2 saturated heterocycles. The van der Waals surface area contributed by atoms with E-state index in [1.165, 1.54) is 0 Å². The van der Waals surface area contributed by atoms with Crippen molar-refractivity contribution in [3.8, 4) is 0 Å². The molecule has 10 heteroatoms. The summed E-state index contributed by atoms with van der Waals surface area (Å²) in [5.41, 5.74) is 0.843. The second-order valence-electron chi connectivity index (χ2n) is 8.99. The molecule has 1 amide bonds. The quantitative estimate of drug-likeness (QED) is 0.476. The minimum Gasteiger partial charge on any atom is -0.481 e. The number of para-hydroxylation sites is 1. The Hall–Kier alpha value is -1.87. The molecule has 176 valence electrons. The van der Waals surface area contributed by atoms with Gasteiger partial charge in [0.2, 0.25) is 5.91 Å². The third-order valence-corrected chi connectivity index (χ3v) is 6.15. The number of anilines is 1. The summed E-state index contributed by atoms with van der Waals surface area (Å²) in [6.07, 6.45) is 4.82. The molecule has 0 spiro atoms. The van der Waals surface area contributed by atoms with Gasteiger partial charge in [0.05, 0.1) is 0 Å². The van der Waals surface area contributed by atoms with E-state index in [2.05, 4.69) is 5.32 Å². The van der Waals surface area contributed by atoms with Gasteiger partial charge in [-0.15, -0.1) is 0 Å². The molecule has 0 aromatic heterocycles. The molecule has 0 saturated carbocycles. The van der Waals surface area contributed by atoms with Gasteiger partial charge in [-0.25, -0.2) is 0 Å². The Morgan fingerprint density at radius 2 is 1.44 bits per heavy atom. The normalized spacial score (nSPS) is 21.8. The molecule has 0 radical (unpaired) electrons. The highest BCUT2D eigenvalue weighted by molar-refractivity contribution is 6.45. The summed E-state index contributed by atoms with van der Waals surface area (Å²) < 4.78 is 0. The van der Waals surface area contributed by atoms with Gasteiger partial charge in [0.25, 0.3) is 0 Å². The summed E-state index contributed by atoms with van der Waals surface area (Å²) >= 11 is 0. The fraction of sp³-hybridized carbons (Fsp3) is 0.636. The van der Waals surface area contributed by atoms with E-state index < -0.39 is 20.1 Å². The van der Waals surface area contributed by atoms with Crippen LogP contribution in [-0.2, 0) is 9.59 Å². The standard InChI is InChI=1S/C14H21BN2O2.C8H16BNO3/c1-15(19)17-9-5-6-12(11-17)10-14(18)16-13-7-3-2-4-8-13;1-9(13)10-4-2-3-7(6-10)5-8(11)12/h2-4,7-8,12,19H,5-6,9-11H2,1H3,(H,16,18);7,13H,2-6H2,1H3,(H,11,12). The summed E-state index contributed by atoms with van der Waals surface area (Å²) in [5, 5.41) is 30.4. The number of benzene rings is 1. The number of carboxylic acids is 1. The van der Waals surface area contributed by atoms with Crippen molar-refractivity contribution < 1.29 is 24.7 Å². The number of piperidine rings is 2. The summed E-state index contributed by atoms with van der Waals surface area (Å²) in [4.78, 5) is 26.4. The lowest BCUT2D eigenvalue weighted by Gasteiger charge is -2.33. The van der Waals surface area contributed by atoms with E-state index in [4.69, 9.17) is 5.11 Å². The number of amides is 1. The molecule has 0 aliphatic carbocycles. The molecule has 4 N–H and O–H groups in total. The molecule has 32 heavy (non-hydrogen) atoms. The molecular formula is C22H37B2N3O5. The monoisotopic (exact) mass is 445 g/mol. The molecule has 2 atom stereocenters. The number of hydrogen-bond acceptors (Lipinski definition) is 6. The van der Waals surface area contributed by atoms with Gasteiger partial charge in [-0.2, -0.15) is 0 Å². The first kappa shape index (κ1) is 26.4. The van der Waals surface area contributed by atoms with Crippen molar-refractivity contribution in [3.63, 3.8) is 0 Å². The Balaban J connectivity index is 0.000000244. The Kier molecular flexibility index (Phi) is 11.2. The average molecular weight is 445 g/mol. The Morgan fingerprint density at radius 3 is 1.91 bits per heavy atom. The molecule has 2 heterocycles. The molecule has 2 fully saturated rings. The van der Waals surface area contributed by atoms with Crippen LogP contribution in [0, 0.1) is 11.8 Å². The fourth-order valence-corrected chi connectivity index (χ4v) is 4.45. The number of carbonyl (C=O) groups excluding carboxylic acids is 1. The van der Waals surface area contributed by atoms with E-state index in [1.54, 1.807) is 13.6 Å². The van der Waals surface area contributed by atoms with Crippen molar-refractivity contribution in [3.05, 3.63) is 30.3 Å². The minimum absolute atomic E-state index is 0.0589. The molecule has 3 rings (SSSR count). The number of rotatable bonds is 7.